The number of methoxy groups -OCH3 is 1. The van der Waals surface area contributed by atoms with Crippen LogP contribution in [0, 0.1) is 0 Å². The number of hydrogen-bond donors (Lipinski definition) is 0. The maximum atomic E-state index is 11.6. The summed E-state index contributed by atoms with van der Waals surface area (Å²) in [6.07, 6.45) is 0. The Labute approximate surface area is 133 Å². The molecule has 0 amide bonds. The third-order valence-corrected chi connectivity index (χ3v) is 3.53. The Morgan fingerprint density at radius 1 is 1.45 bits per heavy atom. The van der Waals surface area contributed by atoms with E-state index < -0.39 is 0 Å². The second-order valence-corrected chi connectivity index (χ2v) is 5.57. The fourth-order valence-electron chi connectivity index (χ4n) is 1.73. The maximum Gasteiger partial charge on any atom is 0.320 e. The van der Waals surface area contributed by atoms with Crippen molar-refractivity contribution < 1.29 is 14.3 Å². The van der Waals surface area contributed by atoms with E-state index in [9.17, 15) is 4.79 Å². The Morgan fingerprint density at radius 2 is 2.20 bits per heavy atom. The predicted octanol–water partition coefficient (Wildman–Crippen LogP) is 3.11. The lowest BCUT2D eigenvalue weighted by molar-refractivity contribution is -0.144. The van der Waals surface area contributed by atoms with E-state index in [0.717, 1.165) is 10.0 Å². The maximum absolute atomic E-state index is 11.6. The molecule has 4 nitrogen and oxygen atoms in total. The summed E-state index contributed by atoms with van der Waals surface area (Å²) in [5, 5.41) is 0.680. The number of nitrogens with zero attached hydrogens (tertiary/aromatic N) is 1. The van der Waals surface area contributed by atoms with Gasteiger partial charge in [-0.05, 0) is 30.7 Å². The van der Waals surface area contributed by atoms with Crippen molar-refractivity contribution in [3.8, 4) is 0 Å². The monoisotopic (exact) mass is 363 g/mol. The van der Waals surface area contributed by atoms with Crippen molar-refractivity contribution >= 4 is 33.5 Å². The highest BCUT2D eigenvalue weighted by molar-refractivity contribution is 9.10. The Hall–Kier alpha value is -0.620. The van der Waals surface area contributed by atoms with E-state index in [0.29, 0.717) is 31.3 Å². The standard InChI is InChI=1S/C14H19BrClNO3/c1-3-20-14(18)10-17(6-7-19-2)9-11-8-12(15)4-5-13(11)16/h4-5,8H,3,6-7,9-10H2,1-2H3. The van der Waals surface area contributed by atoms with Crippen LogP contribution in [0.4, 0.5) is 0 Å². The number of halogens is 2. The summed E-state index contributed by atoms with van der Waals surface area (Å²) < 4.78 is 11.0. The highest BCUT2D eigenvalue weighted by atomic mass is 79.9. The zero-order valence-electron chi connectivity index (χ0n) is 11.7. The molecule has 0 bridgehead atoms. The molecule has 0 radical (unpaired) electrons. The van der Waals surface area contributed by atoms with Crippen molar-refractivity contribution in [3.05, 3.63) is 33.3 Å². The number of ether oxygens (including phenoxy) is 2. The molecule has 112 valence electrons. The van der Waals surface area contributed by atoms with Crippen LogP contribution >= 0.6 is 27.5 Å². The molecule has 0 aromatic heterocycles. The summed E-state index contributed by atoms with van der Waals surface area (Å²) in [6.45, 7) is 4.15. The van der Waals surface area contributed by atoms with Gasteiger partial charge in [0.15, 0.2) is 0 Å². The molecule has 6 heteroatoms. The lowest BCUT2D eigenvalue weighted by Crippen LogP contribution is -2.33. The number of hydrogen-bond acceptors (Lipinski definition) is 4. The summed E-state index contributed by atoms with van der Waals surface area (Å²) >= 11 is 9.60. The van der Waals surface area contributed by atoms with E-state index in [1.807, 2.05) is 23.1 Å². The number of benzene rings is 1. The van der Waals surface area contributed by atoms with E-state index in [2.05, 4.69) is 15.9 Å². The minimum Gasteiger partial charge on any atom is -0.465 e. The van der Waals surface area contributed by atoms with E-state index in [1.54, 1.807) is 14.0 Å². The third-order valence-electron chi connectivity index (χ3n) is 2.67. The van der Waals surface area contributed by atoms with E-state index in [-0.39, 0.29) is 12.5 Å². The molecule has 1 aromatic carbocycles. The zero-order valence-corrected chi connectivity index (χ0v) is 14.0. The number of carbonyl (C=O) groups is 1. The average Bonchev–Trinajstić information content (AvgIpc) is 2.40. The molecular weight excluding hydrogens is 346 g/mol. The van der Waals surface area contributed by atoms with Crippen LogP contribution in [0.3, 0.4) is 0 Å². The molecule has 0 spiro atoms. The first-order valence-electron chi connectivity index (χ1n) is 6.37. The molecule has 0 aliphatic rings. The lowest BCUT2D eigenvalue weighted by atomic mass is 10.2. The van der Waals surface area contributed by atoms with Crippen molar-refractivity contribution in [1.82, 2.24) is 4.90 Å². The number of esters is 1. The fourth-order valence-corrected chi connectivity index (χ4v) is 2.31. The van der Waals surface area contributed by atoms with Gasteiger partial charge in [-0.2, -0.15) is 0 Å². The van der Waals surface area contributed by atoms with Crippen LogP contribution in [-0.2, 0) is 20.8 Å². The summed E-state index contributed by atoms with van der Waals surface area (Å²) in [4.78, 5) is 13.6. The highest BCUT2D eigenvalue weighted by Crippen LogP contribution is 2.22. The largest absolute Gasteiger partial charge is 0.465 e. The lowest BCUT2D eigenvalue weighted by Gasteiger charge is -2.21. The molecule has 0 saturated heterocycles. The smallest absolute Gasteiger partial charge is 0.320 e. The molecule has 1 rings (SSSR count). The molecule has 0 N–H and O–H groups in total. The fraction of sp³-hybridized carbons (Fsp3) is 0.500. The van der Waals surface area contributed by atoms with Crippen LogP contribution in [0.15, 0.2) is 22.7 Å². The first-order chi connectivity index (χ1) is 9.56. The Balaban J connectivity index is 2.72. The molecule has 1 aromatic rings. The van der Waals surface area contributed by atoms with Crippen LogP contribution in [-0.4, -0.2) is 44.3 Å². The summed E-state index contributed by atoms with van der Waals surface area (Å²) in [6, 6.07) is 5.67. The molecule has 0 heterocycles. The van der Waals surface area contributed by atoms with Gasteiger partial charge in [0.1, 0.15) is 0 Å². The van der Waals surface area contributed by atoms with Gasteiger partial charge >= 0.3 is 5.97 Å². The predicted molar refractivity (Wildman–Crippen MR) is 82.9 cm³/mol. The highest BCUT2D eigenvalue weighted by Gasteiger charge is 2.13. The van der Waals surface area contributed by atoms with Crippen molar-refractivity contribution in [2.24, 2.45) is 0 Å². The van der Waals surface area contributed by atoms with Crippen LogP contribution < -0.4 is 0 Å². The molecule has 0 atom stereocenters. The van der Waals surface area contributed by atoms with E-state index in [4.69, 9.17) is 21.1 Å². The normalized spacial score (nSPS) is 10.8. The van der Waals surface area contributed by atoms with Gasteiger partial charge < -0.3 is 9.47 Å². The summed E-state index contributed by atoms with van der Waals surface area (Å²) in [7, 11) is 1.63. The molecule has 0 unspecified atom stereocenters. The van der Waals surface area contributed by atoms with Gasteiger partial charge in [-0.1, -0.05) is 27.5 Å². The van der Waals surface area contributed by atoms with Crippen molar-refractivity contribution in [2.45, 2.75) is 13.5 Å². The summed E-state index contributed by atoms with van der Waals surface area (Å²) in [5.74, 6) is -0.241. The zero-order chi connectivity index (χ0) is 15.0. The minimum atomic E-state index is -0.241. The summed E-state index contributed by atoms with van der Waals surface area (Å²) in [5.41, 5.74) is 0.960. The first-order valence-corrected chi connectivity index (χ1v) is 7.54. The number of rotatable bonds is 8. The van der Waals surface area contributed by atoms with E-state index in [1.165, 1.54) is 0 Å². The van der Waals surface area contributed by atoms with Crippen molar-refractivity contribution in [2.75, 3.05) is 33.4 Å². The molecule has 0 fully saturated rings. The Morgan fingerprint density at radius 3 is 2.85 bits per heavy atom. The Bertz CT molecular complexity index is 442. The van der Waals surface area contributed by atoms with Gasteiger partial charge in [0.25, 0.3) is 0 Å². The van der Waals surface area contributed by atoms with Gasteiger partial charge in [-0.15, -0.1) is 0 Å². The topological polar surface area (TPSA) is 38.8 Å². The molecular formula is C14H19BrClNO3. The minimum absolute atomic E-state index is 0.222. The molecule has 0 aliphatic heterocycles. The second-order valence-electron chi connectivity index (χ2n) is 4.24. The van der Waals surface area contributed by atoms with Crippen molar-refractivity contribution in [3.63, 3.8) is 0 Å². The van der Waals surface area contributed by atoms with Gasteiger partial charge in [0.05, 0.1) is 19.8 Å². The second kappa shape index (κ2) is 9.34. The van der Waals surface area contributed by atoms with Crippen LogP contribution in [0.2, 0.25) is 5.02 Å². The van der Waals surface area contributed by atoms with Crippen LogP contribution in [0.1, 0.15) is 12.5 Å². The molecule has 0 aliphatic carbocycles. The van der Waals surface area contributed by atoms with Crippen LogP contribution in [0.25, 0.3) is 0 Å². The Kier molecular flexibility index (Phi) is 8.14. The molecule has 0 saturated carbocycles. The third kappa shape index (κ3) is 6.22. The van der Waals surface area contributed by atoms with Gasteiger partial charge in [-0.3, -0.25) is 9.69 Å². The quantitative estimate of drug-likeness (QED) is 0.664. The van der Waals surface area contributed by atoms with Gasteiger partial charge in [0.2, 0.25) is 0 Å². The van der Waals surface area contributed by atoms with E-state index >= 15 is 0 Å². The first kappa shape index (κ1) is 17.4. The average molecular weight is 365 g/mol. The van der Waals surface area contributed by atoms with Crippen molar-refractivity contribution in [1.29, 1.82) is 0 Å². The van der Waals surface area contributed by atoms with Crippen LogP contribution in [0.5, 0.6) is 0 Å². The SMILES string of the molecule is CCOC(=O)CN(CCOC)Cc1cc(Br)ccc1Cl. The van der Waals surface area contributed by atoms with Gasteiger partial charge in [-0.25, -0.2) is 0 Å². The number of carbonyl (C=O) groups excluding carboxylic acids is 1. The molecule has 20 heavy (non-hydrogen) atoms. The van der Waals surface area contributed by atoms with Gasteiger partial charge in [0, 0.05) is 29.7 Å².